The van der Waals surface area contributed by atoms with E-state index in [1.807, 2.05) is 59.9 Å². The van der Waals surface area contributed by atoms with Gasteiger partial charge in [0, 0.05) is 0 Å². The molecule has 0 fully saturated rings. The predicted molar refractivity (Wildman–Crippen MR) is 125 cm³/mol. The number of aromatic nitrogens is 5. The zero-order valence-electron chi connectivity index (χ0n) is 18.2. The summed E-state index contributed by atoms with van der Waals surface area (Å²) in [6.07, 6.45) is 3.35. The van der Waals surface area contributed by atoms with Crippen molar-refractivity contribution in [1.29, 1.82) is 5.26 Å². The number of nitrogens with zero attached hydrogens (tertiary/aromatic N) is 7. The van der Waals surface area contributed by atoms with Gasteiger partial charge < -0.3 is 0 Å². The molecule has 10 heteroatoms. The molecule has 1 aromatic carbocycles. The number of aryl methyl sites for hydroxylation is 1. The summed E-state index contributed by atoms with van der Waals surface area (Å²) in [5.41, 5.74) is 9.20. The Balaban J connectivity index is 1.77. The molecule has 2 N–H and O–H groups in total. The number of benzene rings is 1. The van der Waals surface area contributed by atoms with Gasteiger partial charge in [-0.15, -0.1) is 0 Å². The molecule has 0 saturated carbocycles. The van der Waals surface area contributed by atoms with Crippen LogP contribution in [0.2, 0.25) is 0 Å². The summed E-state index contributed by atoms with van der Waals surface area (Å²) in [6.45, 7) is 4.10. The Labute approximate surface area is 192 Å². The molecule has 0 aliphatic carbocycles. The summed E-state index contributed by atoms with van der Waals surface area (Å²) in [5, 5.41) is 14.2. The molecule has 4 rings (SSSR count). The van der Waals surface area contributed by atoms with Crippen molar-refractivity contribution in [3.63, 3.8) is 0 Å². The maximum atomic E-state index is 9.47. The van der Waals surface area contributed by atoms with E-state index >= 15 is 0 Å². The fraction of sp³-hybridized carbons (Fsp3) is 0.227. The third-order valence-corrected chi connectivity index (χ3v) is 8.02. The number of rotatable bonds is 6. The van der Waals surface area contributed by atoms with Crippen LogP contribution < -0.4 is 19.9 Å². The van der Waals surface area contributed by atoms with Crippen molar-refractivity contribution in [2.45, 2.75) is 18.6 Å². The number of fused-ring (bicyclic) bond motifs is 1. The molecule has 3 aromatic heterocycles. The van der Waals surface area contributed by atoms with E-state index in [2.05, 4.69) is 23.0 Å². The van der Waals surface area contributed by atoms with Crippen LogP contribution in [-0.2, 0) is 0 Å². The quantitative estimate of drug-likeness (QED) is 0.407. The first-order chi connectivity index (χ1) is 15.4. The van der Waals surface area contributed by atoms with Gasteiger partial charge in [-0.2, -0.15) is 0 Å². The molecule has 0 spiro atoms. The second-order valence-corrected chi connectivity index (χ2v) is 10.7. The summed E-state index contributed by atoms with van der Waals surface area (Å²) in [5.74, 6) is 2.48. The van der Waals surface area contributed by atoms with Crippen LogP contribution in [0.1, 0.15) is 28.6 Å². The van der Waals surface area contributed by atoms with E-state index in [1.165, 1.54) is 6.33 Å². The van der Waals surface area contributed by atoms with E-state index in [-0.39, 0.29) is 10.5 Å². The number of anilines is 3. The molecule has 0 bridgehead atoms. The fourth-order valence-electron chi connectivity index (χ4n) is 3.42. The maximum absolute atomic E-state index is 9.47. The number of nitrogens with two attached hydrogens (primary N) is 1. The van der Waals surface area contributed by atoms with E-state index in [4.69, 9.17) is 20.6 Å². The Bertz CT molecular complexity index is 1330. The second kappa shape index (κ2) is 8.85. The van der Waals surface area contributed by atoms with Crippen molar-refractivity contribution >= 4 is 43.1 Å². The zero-order valence-corrected chi connectivity index (χ0v) is 20.3. The van der Waals surface area contributed by atoms with E-state index in [0.29, 0.717) is 15.9 Å². The predicted octanol–water partition coefficient (Wildman–Crippen LogP) is 1.88. The van der Waals surface area contributed by atoms with Gasteiger partial charge in [0.25, 0.3) is 0 Å². The summed E-state index contributed by atoms with van der Waals surface area (Å²) in [7, 11) is 3.63. The van der Waals surface area contributed by atoms with Crippen molar-refractivity contribution in [3.05, 3.63) is 59.8 Å². The number of ether oxygens (including phenoxy) is 1. The minimum absolute atomic E-state index is 0.0148. The Morgan fingerprint density at radius 3 is 2.84 bits per heavy atom. The van der Waals surface area contributed by atoms with Gasteiger partial charge in [0.1, 0.15) is 0 Å². The summed E-state index contributed by atoms with van der Waals surface area (Å²) in [4.78, 5) is 15.3. The van der Waals surface area contributed by atoms with Gasteiger partial charge in [0.15, 0.2) is 0 Å². The molecule has 3 heterocycles. The standard InChI is InChI=1S/C22H23AsN8O/c1-13-8-9-31-18(13)22(30(3)15-6-5-7-16(10-15)32-4)28-21(29-31)14(2)23-19-17(11-24)20(25)27-12-26-19/h5-10,12,14,23H,1-4H3,(H2,25,26,27)/t14-/m0/s1. The van der Waals surface area contributed by atoms with Gasteiger partial charge in [0.05, 0.1) is 0 Å². The Morgan fingerprint density at radius 1 is 1.28 bits per heavy atom. The summed E-state index contributed by atoms with van der Waals surface area (Å²) >= 11 is -0.899. The van der Waals surface area contributed by atoms with E-state index in [1.54, 1.807) is 7.11 Å². The minimum atomic E-state index is -0.899. The number of nitrogen functional groups attached to an aromatic ring is 1. The molecule has 0 amide bonds. The SMILES string of the molecule is COc1cccc(N(C)c2nc([C@H](C)[AsH]c3ncnc(N)c3C#N)nn3ccc(C)c23)c1. The van der Waals surface area contributed by atoms with Crippen LogP contribution in [0.25, 0.3) is 5.52 Å². The van der Waals surface area contributed by atoms with Crippen LogP contribution >= 0.6 is 0 Å². The van der Waals surface area contributed by atoms with Gasteiger partial charge >= 0.3 is 193 Å². The van der Waals surface area contributed by atoms with Crippen LogP contribution in [0.4, 0.5) is 17.3 Å². The van der Waals surface area contributed by atoms with Crippen LogP contribution in [0.5, 0.6) is 5.75 Å². The number of methoxy groups -OCH3 is 1. The molecule has 162 valence electrons. The molecule has 0 aliphatic rings. The molecule has 32 heavy (non-hydrogen) atoms. The van der Waals surface area contributed by atoms with Gasteiger partial charge in [-0.3, -0.25) is 0 Å². The first-order valence-electron chi connectivity index (χ1n) is 9.93. The Morgan fingerprint density at radius 2 is 2.09 bits per heavy atom. The van der Waals surface area contributed by atoms with Gasteiger partial charge in [0.2, 0.25) is 0 Å². The van der Waals surface area contributed by atoms with Crippen molar-refractivity contribution in [3.8, 4) is 11.8 Å². The normalized spacial score (nSPS) is 12.2. The van der Waals surface area contributed by atoms with Gasteiger partial charge in [-0.05, 0) is 0 Å². The van der Waals surface area contributed by atoms with E-state index in [9.17, 15) is 5.26 Å². The number of nitriles is 1. The third kappa shape index (κ3) is 3.97. The number of hydrogen-bond donors (Lipinski definition) is 1. The van der Waals surface area contributed by atoms with E-state index in [0.717, 1.165) is 28.3 Å². The van der Waals surface area contributed by atoms with Crippen LogP contribution in [0.3, 0.4) is 0 Å². The van der Waals surface area contributed by atoms with Crippen LogP contribution in [-0.4, -0.2) is 54.5 Å². The third-order valence-electron chi connectivity index (χ3n) is 5.20. The molecule has 1 unspecified atom stereocenters. The Hall–Kier alpha value is -3.63. The van der Waals surface area contributed by atoms with Crippen LogP contribution in [0, 0.1) is 18.3 Å². The average Bonchev–Trinajstić information content (AvgIpc) is 3.19. The fourth-order valence-corrected chi connectivity index (χ4v) is 5.77. The molecular weight excluding hydrogens is 467 g/mol. The summed E-state index contributed by atoms with van der Waals surface area (Å²) < 4.78 is 7.98. The molecule has 4 aromatic rings. The molecule has 0 aliphatic heterocycles. The van der Waals surface area contributed by atoms with E-state index < -0.39 is 15.8 Å². The average molecular weight is 490 g/mol. The monoisotopic (exact) mass is 490 g/mol. The van der Waals surface area contributed by atoms with Crippen molar-refractivity contribution in [1.82, 2.24) is 24.6 Å². The zero-order chi connectivity index (χ0) is 22.8. The van der Waals surface area contributed by atoms with Crippen molar-refractivity contribution in [2.75, 3.05) is 24.8 Å². The first-order valence-corrected chi connectivity index (χ1v) is 12.2. The molecule has 9 nitrogen and oxygen atoms in total. The van der Waals surface area contributed by atoms with Gasteiger partial charge in [-0.1, -0.05) is 0 Å². The molecular formula is C22H23AsN8O. The topological polar surface area (TPSA) is 118 Å². The van der Waals surface area contributed by atoms with Crippen molar-refractivity contribution < 1.29 is 4.74 Å². The van der Waals surface area contributed by atoms with Crippen molar-refractivity contribution in [2.24, 2.45) is 0 Å². The first kappa shape index (κ1) is 21.6. The molecule has 0 saturated heterocycles. The molecule has 0 radical (unpaired) electrons. The Kier molecular flexibility index (Phi) is 5.97. The van der Waals surface area contributed by atoms with Gasteiger partial charge in [-0.25, -0.2) is 0 Å². The molecule has 2 atom stereocenters. The van der Waals surface area contributed by atoms with Crippen LogP contribution in [0.15, 0.2) is 42.9 Å². The summed E-state index contributed by atoms with van der Waals surface area (Å²) in [6, 6.07) is 12.0. The second-order valence-electron chi connectivity index (χ2n) is 7.31. The number of hydrogen-bond acceptors (Lipinski definition) is 8.